The molecule has 4 heterocycles. The van der Waals surface area contributed by atoms with Crippen molar-refractivity contribution in [1.82, 2.24) is 25.3 Å². The minimum absolute atomic E-state index is 0.00492. The van der Waals surface area contributed by atoms with Crippen LogP contribution in [0.25, 0.3) is 22.4 Å². The summed E-state index contributed by atoms with van der Waals surface area (Å²) >= 11 is 6.00. The Bertz CT molecular complexity index is 1010. The van der Waals surface area contributed by atoms with E-state index in [1.165, 1.54) is 6.20 Å². The van der Waals surface area contributed by atoms with E-state index >= 15 is 0 Å². The first-order valence-corrected chi connectivity index (χ1v) is 8.31. The predicted molar refractivity (Wildman–Crippen MR) is 94.9 cm³/mol. The van der Waals surface area contributed by atoms with Gasteiger partial charge in [-0.05, 0) is 12.5 Å². The molecule has 0 radical (unpaired) electrons. The van der Waals surface area contributed by atoms with Gasteiger partial charge in [0.25, 0.3) is 0 Å². The Morgan fingerprint density at radius 1 is 1.38 bits per heavy atom. The van der Waals surface area contributed by atoms with Gasteiger partial charge in [-0.25, -0.2) is 19.3 Å². The largest absolute Gasteiger partial charge is 0.364 e. The van der Waals surface area contributed by atoms with Gasteiger partial charge in [0, 0.05) is 29.8 Å². The second-order valence-corrected chi connectivity index (χ2v) is 6.64. The van der Waals surface area contributed by atoms with E-state index in [2.05, 4.69) is 30.6 Å². The number of nitrogens with one attached hydrogen (secondary N) is 3. The predicted octanol–water partition coefficient (Wildman–Crippen LogP) is 1.79. The summed E-state index contributed by atoms with van der Waals surface area (Å²) in [6, 6.07) is 1.73. The van der Waals surface area contributed by atoms with Crippen LogP contribution in [0.4, 0.5) is 10.2 Å². The minimum atomic E-state index is -0.924. The number of carbonyl (C=O) groups is 1. The molecular weight excluding hydrogens is 361 g/mol. The molecular formula is C16H15ClFN7O. The fraction of sp³-hybridized carbons (Fsp3) is 0.250. The number of H-pyrrole nitrogens is 1. The first kappa shape index (κ1) is 16.7. The Hall–Kier alpha value is -2.78. The fourth-order valence-corrected chi connectivity index (χ4v) is 3.05. The zero-order valence-electron chi connectivity index (χ0n) is 13.5. The Morgan fingerprint density at radius 2 is 2.23 bits per heavy atom. The summed E-state index contributed by atoms with van der Waals surface area (Å²) in [6.07, 6.45) is 5.10. The lowest BCUT2D eigenvalue weighted by Crippen LogP contribution is -2.55. The van der Waals surface area contributed by atoms with Crippen molar-refractivity contribution in [2.45, 2.75) is 18.5 Å². The Labute approximate surface area is 152 Å². The summed E-state index contributed by atoms with van der Waals surface area (Å²) < 4.78 is 14.1. The lowest BCUT2D eigenvalue weighted by atomic mass is 10.1. The Balaban J connectivity index is 1.63. The highest BCUT2D eigenvalue weighted by molar-refractivity contribution is 6.31. The molecule has 5 N–H and O–H groups in total. The number of anilines is 1. The standard InChI is InChI=1S/C16H15ClFN7O/c17-8-3-9-10(5-21-13(9)20-4-8)14-22-6-11(18)15(24-14)23-7-16(19)2-1-12(26)25-16/h3-6H,1-2,7,19H2,(H,20,21)(H,25,26)(H,22,23,24)/t16-/m1/s1. The van der Waals surface area contributed by atoms with E-state index in [0.29, 0.717) is 34.9 Å². The number of halogens is 2. The van der Waals surface area contributed by atoms with Gasteiger partial charge in [0.2, 0.25) is 5.91 Å². The number of carbonyl (C=O) groups excluding carboxylic acids is 1. The van der Waals surface area contributed by atoms with Gasteiger partial charge < -0.3 is 21.4 Å². The van der Waals surface area contributed by atoms with Crippen molar-refractivity contribution in [2.24, 2.45) is 5.73 Å². The molecule has 3 aromatic rings. The first-order valence-electron chi connectivity index (χ1n) is 7.93. The molecule has 134 valence electrons. The van der Waals surface area contributed by atoms with Crippen molar-refractivity contribution in [2.75, 3.05) is 11.9 Å². The van der Waals surface area contributed by atoms with E-state index in [1.807, 2.05) is 0 Å². The van der Waals surface area contributed by atoms with Gasteiger partial charge in [-0.1, -0.05) is 11.6 Å². The summed E-state index contributed by atoms with van der Waals surface area (Å²) in [6.45, 7) is 0.146. The van der Waals surface area contributed by atoms with Crippen LogP contribution in [0.2, 0.25) is 5.02 Å². The van der Waals surface area contributed by atoms with Crippen LogP contribution < -0.4 is 16.4 Å². The second kappa shape index (κ2) is 6.19. The number of aromatic nitrogens is 4. The average molecular weight is 376 g/mol. The van der Waals surface area contributed by atoms with E-state index < -0.39 is 11.5 Å². The molecule has 1 fully saturated rings. The highest BCUT2D eigenvalue weighted by Crippen LogP contribution is 2.28. The molecule has 0 unspecified atom stereocenters. The summed E-state index contributed by atoms with van der Waals surface area (Å²) in [5.74, 6) is -0.421. The average Bonchev–Trinajstić information content (AvgIpc) is 3.17. The molecule has 0 saturated carbocycles. The summed E-state index contributed by atoms with van der Waals surface area (Å²) in [5, 5.41) is 6.74. The van der Waals surface area contributed by atoms with Crippen LogP contribution >= 0.6 is 11.6 Å². The van der Waals surface area contributed by atoms with Crippen LogP contribution in [0.3, 0.4) is 0 Å². The van der Waals surface area contributed by atoms with E-state index in [4.69, 9.17) is 17.3 Å². The lowest BCUT2D eigenvalue weighted by Gasteiger charge is -2.24. The molecule has 0 aliphatic carbocycles. The molecule has 8 nitrogen and oxygen atoms in total. The number of amides is 1. The maximum Gasteiger partial charge on any atom is 0.221 e. The van der Waals surface area contributed by atoms with Gasteiger partial charge >= 0.3 is 0 Å². The van der Waals surface area contributed by atoms with Gasteiger partial charge in [0.05, 0.1) is 17.8 Å². The maximum atomic E-state index is 14.1. The van der Waals surface area contributed by atoms with Crippen molar-refractivity contribution in [3.8, 4) is 11.4 Å². The smallest absolute Gasteiger partial charge is 0.221 e. The molecule has 3 aromatic heterocycles. The zero-order chi connectivity index (χ0) is 18.3. The molecule has 26 heavy (non-hydrogen) atoms. The van der Waals surface area contributed by atoms with Gasteiger partial charge in [-0.15, -0.1) is 0 Å². The molecule has 1 aliphatic heterocycles. The van der Waals surface area contributed by atoms with Crippen molar-refractivity contribution in [1.29, 1.82) is 0 Å². The van der Waals surface area contributed by atoms with E-state index in [1.54, 1.807) is 12.3 Å². The number of pyridine rings is 1. The quantitative estimate of drug-likeness (QED) is 0.551. The number of hydrogen-bond donors (Lipinski definition) is 4. The van der Waals surface area contributed by atoms with Crippen LogP contribution in [0.5, 0.6) is 0 Å². The molecule has 0 spiro atoms. The normalized spacial score (nSPS) is 19.7. The minimum Gasteiger partial charge on any atom is -0.364 e. The van der Waals surface area contributed by atoms with Crippen LogP contribution in [0.1, 0.15) is 12.8 Å². The molecule has 4 rings (SSSR count). The third-order valence-corrected chi connectivity index (χ3v) is 4.45. The van der Waals surface area contributed by atoms with Gasteiger partial charge in [0.1, 0.15) is 11.3 Å². The summed E-state index contributed by atoms with van der Waals surface area (Å²) in [7, 11) is 0. The topological polar surface area (TPSA) is 122 Å². The van der Waals surface area contributed by atoms with Gasteiger partial charge in [-0.3, -0.25) is 4.79 Å². The summed E-state index contributed by atoms with van der Waals surface area (Å²) in [4.78, 5) is 26.8. The van der Waals surface area contributed by atoms with Crippen LogP contribution in [0, 0.1) is 5.82 Å². The number of rotatable bonds is 4. The molecule has 0 aromatic carbocycles. The second-order valence-electron chi connectivity index (χ2n) is 6.20. The third kappa shape index (κ3) is 3.06. The monoisotopic (exact) mass is 375 g/mol. The van der Waals surface area contributed by atoms with Crippen LogP contribution in [-0.2, 0) is 4.79 Å². The van der Waals surface area contributed by atoms with Crippen molar-refractivity contribution < 1.29 is 9.18 Å². The zero-order valence-corrected chi connectivity index (χ0v) is 14.3. The molecule has 1 atom stereocenters. The lowest BCUT2D eigenvalue weighted by molar-refractivity contribution is -0.119. The van der Waals surface area contributed by atoms with Crippen molar-refractivity contribution in [3.63, 3.8) is 0 Å². The molecule has 1 aliphatic rings. The molecule has 10 heteroatoms. The maximum absolute atomic E-state index is 14.1. The van der Waals surface area contributed by atoms with Crippen LogP contribution in [-0.4, -0.2) is 38.1 Å². The Morgan fingerprint density at radius 3 is 3.00 bits per heavy atom. The number of nitrogens with zero attached hydrogens (tertiary/aromatic N) is 3. The summed E-state index contributed by atoms with van der Waals surface area (Å²) in [5.41, 5.74) is 6.43. The number of hydrogen-bond acceptors (Lipinski definition) is 6. The first-order chi connectivity index (χ1) is 12.4. The van der Waals surface area contributed by atoms with E-state index in [9.17, 15) is 9.18 Å². The van der Waals surface area contributed by atoms with Crippen molar-refractivity contribution >= 4 is 34.4 Å². The fourth-order valence-electron chi connectivity index (χ4n) is 2.90. The molecule has 1 saturated heterocycles. The van der Waals surface area contributed by atoms with E-state index in [0.717, 1.165) is 11.6 Å². The van der Waals surface area contributed by atoms with E-state index in [-0.39, 0.29) is 18.3 Å². The highest BCUT2D eigenvalue weighted by atomic mass is 35.5. The number of fused-ring (bicyclic) bond motifs is 1. The van der Waals surface area contributed by atoms with Crippen molar-refractivity contribution in [3.05, 3.63) is 35.5 Å². The molecule has 0 bridgehead atoms. The highest BCUT2D eigenvalue weighted by Gasteiger charge is 2.33. The Kier molecular flexibility index (Phi) is 3.97. The van der Waals surface area contributed by atoms with Gasteiger partial charge in [0.15, 0.2) is 17.5 Å². The SMILES string of the molecule is N[C@]1(CNc2nc(-c3c[nH]c4ncc(Cl)cc34)ncc2F)CCC(=O)N1. The number of aromatic amines is 1. The van der Waals surface area contributed by atoms with Gasteiger partial charge in [-0.2, -0.15) is 0 Å². The van der Waals surface area contributed by atoms with Crippen LogP contribution in [0.15, 0.2) is 24.7 Å². The molecule has 1 amide bonds. The third-order valence-electron chi connectivity index (χ3n) is 4.24. The number of nitrogens with two attached hydrogens (primary N) is 1.